The highest BCUT2D eigenvalue weighted by Crippen LogP contribution is 2.35. The van der Waals surface area contributed by atoms with Crippen molar-refractivity contribution in [3.63, 3.8) is 0 Å². The van der Waals surface area contributed by atoms with Crippen LogP contribution < -0.4 is 0 Å². The normalized spacial score (nSPS) is 11.5. The Morgan fingerprint density at radius 1 is 0.556 bits per heavy atom. The third-order valence-corrected chi connectivity index (χ3v) is 9.22. The fourth-order valence-corrected chi connectivity index (χ4v) is 6.96. The van der Waals surface area contributed by atoms with E-state index in [0.29, 0.717) is 22.3 Å². The summed E-state index contributed by atoms with van der Waals surface area (Å²) in [5, 5.41) is 0. The van der Waals surface area contributed by atoms with Crippen LogP contribution in [0.5, 0.6) is 0 Å². The summed E-state index contributed by atoms with van der Waals surface area (Å²) in [5.41, 5.74) is 7.59. The molecular weight excluding hydrogens is 590 g/mol. The van der Waals surface area contributed by atoms with Gasteiger partial charge in [-0.25, -0.2) is 17.2 Å². The van der Waals surface area contributed by atoms with E-state index < -0.39 is 33.0 Å². The van der Waals surface area contributed by atoms with Gasteiger partial charge in [-0.2, -0.15) is 0 Å². The van der Waals surface area contributed by atoms with Gasteiger partial charge in [0.25, 0.3) is 0 Å². The van der Waals surface area contributed by atoms with Gasteiger partial charge in [-0.1, -0.05) is 36.4 Å². The predicted molar refractivity (Wildman–Crippen MR) is 172 cm³/mol. The van der Waals surface area contributed by atoms with Crippen molar-refractivity contribution in [1.29, 1.82) is 0 Å². The van der Waals surface area contributed by atoms with E-state index in [1.54, 1.807) is 49.3 Å². The molecule has 0 aliphatic carbocycles. The Hall–Kier alpha value is -5.15. The van der Waals surface area contributed by atoms with E-state index in [-0.39, 0.29) is 11.1 Å². The molecule has 0 amide bonds. The van der Waals surface area contributed by atoms with Crippen LogP contribution in [0.25, 0.3) is 44.5 Å². The number of halogens is 2. The summed E-state index contributed by atoms with van der Waals surface area (Å²) < 4.78 is 57.1. The van der Waals surface area contributed by atoms with Gasteiger partial charge in [0.05, 0.1) is 11.5 Å². The average molecular weight is 619 g/mol. The van der Waals surface area contributed by atoms with Gasteiger partial charge in [0.1, 0.15) is 11.6 Å². The average Bonchev–Trinajstić information content (AvgIpc) is 3.03. The molecule has 0 spiro atoms. The van der Waals surface area contributed by atoms with Crippen LogP contribution in [0.15, 0.2) is 110 Å². The van der Waals surface area contributed by atoms with E-state index in [0.717, 1.165) is 33.6 Å². The lowest BCUT2D eigenvalue weighted by molar-refractivity contribution is 0.581. The maximum Gasteiger partial charge on any atom is 0.158 e. The third kappa shape index (κ3) is 6.39. The molecule has 0 fully saturated rings. The van der Waals surface area contributed by atoms with Crippen molar-refractivity contribution in [1.82, 2.24) is 19.9 Å². The molecule has 45 heavy (non-hydrogen) atoms. The molecule has 0 bridgehead atoms. The lowest BCUT2D eigenvalue weighted by Crippen LogP contribution is -2.10. The first-order valence-electron chi connectivity index (χ1n) is 14.2. The molecule has 0 unspecified atom stereocenters. The zero-order valence-corrected chi connectivity index (χ0v) is 25.4. The number of benzene rings is 2. The van der Waals surface area contributed by atoms with Gasteiger partial charge in [-0.3, -0.25) is 19.9 Å². The quantitative estimate of drug-likeness (QED) is 0.172. The van der Waals surface area contributed by atoms with E-state index in [1.165, 1.54) is 24.3 Å². The van der Waals surface area contributed by atoms with Crippen molar-refractivity contribution in [3.8, 4) is 44.5 Å². The summed E-state index contributed by atoms with van der Waals surface area (Å²) in [7, 11) is -3.92. The van der Waals surface area contributed by atoms with Gasteiger partial charge >= 0.3 is 0 Å². The highest BCUT2D eigenvalue weighted by Gasteiger charge is 2.20. The first-order valence-corrected chi connectivity index (χ1v) is 16.0. The number of aryl methyl sites for hydroxylation is 2. The highest BCUT2D eigenvalue weighted by molar-refractivity contribution is 7.89. The SMILES string of the molecule is Cc1ncccc1-c1ccncc1-c1ccc(CS(=O)(=O)Cc2ccc(-c3cnccc3-c3cccnc3C)cc2F)c(F)c1. The molecule has 6 rings (SSSR count). The third-order valence-electron chi connectivity index (χ3n) is 7.72. The van der Waals surface area contributed by atoms with Gasteiger partial charge in [-0.15, -0.1) is 0 Å². The molecule has 4 heterocycles. The molecule has 9 heteroatoms. The summed E-state index contributed by atoms with van der Waals surface area (Å²) in [6.07, 6.45) is 10.0. The van der Waals surface area contributed by atoms with E-state index in [4.69, 9.17) is 0 Å². The second-order valence-electron chi connectivity index (χ2n) is 10.8. The van der Waals surface area contributed by atoms with Gasteiger partial charge in [-0.05, 0) is 72.5 Å². The number of sulfone groups is 1. The lowest BCUT2D eigenvalue weighted by atomic mass is 9.95. The van der Waals surface area contributed by atoms with Gasteiger partial charge in [0, 0.05) is 81.9 Å². The van der Waals surface area contributed by atoms with Gasteiger partial charge in [0.2, 0.25) is 0 Å². The molecule has 0 atom stereocenters. The molecule has 0 saturated carbocycles. The Labute approximate surface area is 260 Å². The van der Waals surface area contributed by atoms with Crippen molar-refractivity contribution < 1.29 is 17.2 Å². The Bertz CT molecular complexity index is 2010. The molecule has 0 radical (unpaired) electrons. The van der Waals surface area contributed by atoms with E-state index in [2.05, 4.69) is 19.9 Å². The van der Waals surface area contributed by atoms with E-state index in [9.17, 15) is 8.42 Å². The number of rotatable bonds is 8. The van der Waals surface area contributed by atoms with Crippen LogP contribution in [-0.4, -0.2) is 28.4 Å². The molecule has 6 nitrogen and oxygen atoms in total. The van der Waals surface area contributed by atoms with Gasteiger partial charge < -0.3 is 0 Å². The maximum absolute atomic E-state index is 15.4. The largest absolute Gasteiger partial charge is 0.264 e. The Morgan fingerprint density at radius 2 is 1.00 bits per heavy atom. The van der Waals surface area contributed by atoms with Crippen LogP contribution in [-0.2, 0) is 21.3 Å². The van der Waals surface area contributed by atoms with Gasteiger partial charge in [0.15, 0.2) is 9.84 Å². The minimum atomic E-state index is -3.92. The molecule has 0 saturated heterocycles. The first-order chi connectivity index (χ1) is 21.7. The van der Waals surface area contributed by atoms with Crippen LogP contribution in [0.1, 0.15) is 22.5 Å². The standard InChI is InChI=1S/C36H28F2N4O2S/c1-23-29(5-3-13-41-23)31-11-15-39-19-33(31)25-7-9-27(35(37)17-25)21-45(43,44)22-28-10-8-26(18-36(28)38)34-20-40-16-12-32(34)30-6-4-14-42-24(30)2/h3-20H,21-22H2,1-2H3. The van der Waals surface area contributed by atoms with Crippen molar-refractivity contribution in [2.24, 2.45) is 0 Å². The molecular formula is C36H28F2N4O2S. The monoisotopic (exact) mass is 618 g/mol. The zero-order valence-electron chi connectivity index (χ0n) is 24.6. The maximum atomic E-state index is 15.4. The smallest absolute Gasteiger partial charge is 0.158 e. The fraction of sp³-hybridized carbons (Fsp3) is 0.111. The molecule has 4 aromatic heterocycles. The van der Waals surface area contributed by atoms with Crippen molar-refractivity contribution in [2.45, 2.75) is 25.4 Å². The Balaban J connectivity index is 1.23. The summed E-state index contributed by atoms with van der Waals surface area (Å²) in [5.74, 6) is -2.48. The second kappa shape index (κ2) is 12.5. The van der Waals surface area contributed by atoms with Crippen LogP contribution >= 0.6 is 0 Å². The van der Waals surface area contributed by atoms with Crippen molar-refractivity contribution in [3.05, 3.63) is 144 Å². The van der Waals surface area contributed by atoms with Crippen LogP contribution in [0, 0.1) is 25.5 Å². The van der Waals surface area contributed by atoms with Crippen LogP contribution in [0.4, 0.5) is 8.78 Å². The van der Waals surface area contributed by atoms with Crippen LogP contribution in [0.2, 0.25) is 0 Å². The van der Waals surface area contributed by atoms with E-state index in [1.807, 2.05) is 50.2 Å². The topological polar surface area (TPSA) is 85.7 Å². The highest BCUT2D eigenvalue weighted by atomic mass is 32.2. The minimum Gasteiger partial charge on any atom is -0.264 e. The van der Waals surface area contributed by atoms with Crippen molar-refractivity contribution in [2.75, 3.05) is 0 Å². The summed E-state index contributed by atoms with van der Waals surface area (Å²) in [6.45, 7) is 3.79. The number of aromatic nitrogens is 4. The Kier molecular flexibility index (Phi) is 8.28. The van der Waals surface area contributed by atoms with Crippen molar-refractivity contribution >= 4 is 9.84 Å². The zero-order chi connectivity index (χ0) is 31.6. The number of hydrogen-bond acceptors (Lipinski definition) is 6. The summed E-state index contributed by atoms with van der Waals surface area (Å²) in [4.78, 5) is 17.1. The Morgan fingerprint density at radius 3 is 1.40 bits per heavy atom. The second-order valence-corrected chi connectivity index (χ2v) is 12.8. The minimum absolute atomic E-state index is 0.00520. The van der Waals surface area contributed by atoms with E-state index >= 15 is 8.78 Å². The number of nitrogens with zero attached hydrogens (tertiary/aromatic N) is 4. The van der Waals surface area contributed by atoms with Crippen LogP contribution in [0.3, 0.4) is 0 Å². The predicted octanol–water partition coefficient (Wildman–Crippen LogP) is 7.94. The molecule has 2 aromatic carbocycles. The lowest BCUT2D eigenvalue weighted by Gasteiger charge is -2.13. The molecule has 0 aliphatic heterocycles. The number of pyridine rings is 4. The molecule has 0 aliphatic rings. The summed E-state index contributed by atoms with van der Waals surface area (Å²) in [6, 6.07) is 20.1. The number of hydrogen-bond donors (Lipinski definition) is 0. The summed E-state index contributed by atoms with van der Waals surface area (Å²) >= 11 is 0. The molecule has 0 N–H and O–H groups in total. The fourth-order valence-electron chi connectivity index (χ4n) is 5.45. The first kappa shape index (κ1) is 29.9. The molecule has 224 valence electrons. The molecule has 6 aromatic rings.